The molecule has 0 unspecified atom stereocenters. The number of aryl methyl sites for hydroxylation is 1. The molecule has 0 atom stereocenters. The van der Waals surface area contributed by atoms with Gasteiger partial charge < -0.3 is 9.88 Å². The molecular formula is C14H14FN5. The highest BCUT2D eigenvalue weighted by Gasteiger charge is 2.08. The van der Waals surface area contributed by atoms with Crippen LogP contribution in [0.25, 0.3) is 11.2 Å². The Balaban J connectivity index is 1.84. The van der Waals surface area contributed by atoms with Crippen LogP contribution in [0.4, 0.5) is 10.2 Å². The van der Waals surface area contributed by atoms with Crippen molar-refractivity contribution in [1.82, 2.24) is 19.5 Å². The van der Waals surface area contributed by atoms with E-state index in [9.17, 15) is 4.39 Å². The van der Waals surface area contributed by atoms with Crippen LogP contribution in [0.5, 0.6) is 0 Å². The zero-order valence-corrected chi connectivity index (χ0v) is 11.0. The largest absolute Gasteiger partial charge is 0.364 e. The molecule has 3 aromatic rings. The molecule has 6 heteroatoms. The molecule has 0 fully saturated rings. The number of aromatic nitrogens is 4. The van der Waals surface area contributed by atoms with Crippen molar-refractivity contribution in [2.24, 2.45) is 0 Å². The van der Waals surface area contributed by atoms with E-state index in [-0.39, 0.29) is 5.82 Å². The van der Waals surface area contributed by atoms with E-state index in [1.807, 2.05) is 11.5 Å². The van der Waals surface area contributed by atoms with Gasteiger partial charge in [0.1, 0.15) is 17.7 Å². The van der Waals surface area contributed by atoms with E-state index in [1.54, 1.807) is 18.5 Å². The van der Waals surface area contributed by atoms with E-state index in [0.717, 1.165) is 23.3 Å². The molecule has 0 saturated heterocycles. The lowest BCUT2D eigenvalue weighted by atomic mass is 10.2. The first kappa shape index (κ1) is 12.5. The van der Waals surface area contributed by atoms with Gasteiger partial charge in [-0.25, -0.2) is 19.3 Å². The molecule has 3 rings (SSSR count). The number of hydrogen-bond acceptors (Lipinski definition) is 4. The number of fused-ring (bicyclic) bond motifs is 1. The van der Waals surface area contributed by atoms with Crippen molar-refractivity contribution >= 4 is 17.0 Å². The Bertz CT molecular complexity index is 720. The molecule has 0 saturated carbocycles. The van der Waals surface area contributed by atoms with Gasteiger partial charge in [-0.3, -0.25) is 0 Å². The monoisotopic (exact) mass is 271 g/mol. The molecular weight excluding hydrogens is 257 g/mol. The van der Waals surface area contributed by atoms with Crippen LogP contribution >= 0.6 is 0 Å². The molecule has 1 aromatic carbocycles. The standard InChI is InChI=1S/C14H14FN5/c1-2-20-9-19-12-13(17-8-18-14(12)20)16-7-10-3-5-11(15)6-4-10/h3-6,8-9H,2,7H2,1H3,(H,16,17,18). The first-order valence-electron chi connectivity index (χ1n) is 6.42. The predicted octanol–water partition coefficient (Wildman–Crippen LogP) is 2.60. The van der Waals surface area contributed by atoms with Crippen molar-refractivity contribution < 1.29 is 4.39 Å². The lowest BCUT2D eigenvalue weighted by Gasteiger charge is -2.06. The van der Waals surface area contributed by atoms with E-state index in [2.05, 4.69) is 20.3 Å². The van der Waals surface area contributed by atoms with Crippen LogP contribution in [0.3, 0.4) is 0 Å². The molecule has 0 aliphatic carbocycles. The van der Waals surface area contributed by atoms with E-state index in [1.165, 1.54) is 18.5 Å². The fourth-order valence-corrected chi connectivity index (χ4v) is 2.03. The number of nitrogens with one attached hydrogen (secondary N) is 1. The molecule has 0 radical (unpaired) electrons. The van der Waals surface area contributed by atoms with Crippen LogP contribution in [-0.4, -0.2) is 19.5 Å². The van der Waals surface area contributed by atoms with Crippen molar-refractivity contribution in [3.05, 3.63) is 48.3 Å². The zero-order chi connectivity index (χ0) is 13.9. The lowest BCUT2D eigenvalue weighted by molar-refractivity contribution is 0.627. The van der Waals surface area contributed by atoms with Crippen molar-refractivity contribution in [2.75, 3.05) is 5.32 Å². The maximum Gasteiger partial charge on any atom is 0.165 e. The minimum Gasteiger partial charge on any atom is -0.364 e. The lowest BCUT2D eigenvalue weighted by Crippen LogP contribution is -2.03. The Hall–Kier alpha value is -2.50. The molecule has 0 aliphatic rings. The fraction of sp³-hybridized carbons (Fsp3) is 0.214. The number of nitrogens with zero attached hydrogens (tertiary/aromatic N) is 4. The molecule has 1 N–H and O–H groups in total. The van der Waals surface area contributed by atoms with Crippen molar-refractivity contribution in [3.63, 3.8) is 0 Å². The summed E-state index contributed by atoms with van der Waals surface area (Å²) >= 11 is 0. The molecule has 2 aromatic heterocycles. The third-order valence-electron chi connectivity index (χ3n) is 3.12. The highest BCUT2D eigenvalue weighted by atomic mass is 19.1. The Morgan fingerprint density at radius 2 is 1.95 bits per heavy atom. The molecule has 5 nitrogen and oxygen atoms in total. The van der Waals surface area contributed by atoms with E-state index in [0.29, 0.717) is 12.4 Å². The Morgan fingerprint density at radius 1 is 1.15 bits per heavy atom. The minimum absolute atomic E-state index is 0.236. The highest BCUT2D eigenvalue weighted by Crippen LogP contribution is 2.18. The van der Waals surface area contributed by atoms with Gasteiger partial charge in [-0.1, -0.05) is 12.1 Å². The normalized spacial score (nSPS) is 10.9. The second kappa shape index (κ2) is 5.24. The molecule has 0 aliphatic heterocycles. The molecule has 102 valence electrons. The van der Waals surface area contributed by atoms with Crippen molar-refractivity contribution in [2.45, 2.75) is 20.0 Å². The van der Waals surface area contributed by atoms with Gasteiger partial charge in [0, 0.05) is 13.1 Å². The third kappa shape index (κ3) is 2.32. The van der Waals surface area contributed by atoms with Gasteiger partial charge >= 0.3 is 0 Å². The molecule has 0 spiro atoms. The van der Waals surface area contributed by atoms with Crippen LogP contribution in [0, 0.1) is 5.82 Å². The van der Waals surface area contributed by atoms with Gasteiger partial charge in [0.05, 0.1) is 6.33 Å². The number of imidazole rings is 1. The third-order valence-corrected chi connectivity index (χ3v) is 3.12. The van der Waals surface area contributed by atoms with Crippen molar-refractivity contribution in [3.8, 4) is 0 Å². The summed E-state index contributed by atoms with van der Waals surface area (Å²) < 4.78 is 14.8. The molecule has 2 heterocycles. The smallest absolute Gasteiger partial charge is 0.165 e. The average Bonchev–Trinajstić information content (AvgIpc) is 2.90. The summed E-state index contributed by atoms with van der Waals surface area (Å²) in [5.41, 5.74) is 2.54. The summed E-state index contributed by atoms with van der Waals surface area (Å²) in [5, 5.41) is 3.21. The topological polar surface area (TPSA) is 55.6 Å². The molecule has 0 bridgehead atoms. The Morgan fingerprint density at radius 3 is 2.70 bits per heavy atom. The summed E-state index contributed by atoms with van der Waals surface area (Å²) in [6, 6.07) is 6.37. The van der Waals surface area contributed by atoms with E-state index in [4.69, 9.17) is 0 Å². The van der Waals surface area contributed by atoms with Crippen LogP contribution in [-0.2, 0) is 13.1 Å². The summed E-state index contributed by atoms with van der Waals surface area (Å²) in [5.74, 6) is 0.450. The zero-order valence-electron chi connectivity index (χ0n) is 11.0. The van der Waals surface area contributed by atoms with Gasteiger partial charge in [0.15, 0.2) is 11.5 Å². The first-order chi connectivity index (χ1) is 9.78. The van der Waals surface area contributed by atoms with E-state index < -0.39 is 0 Å². The van der Waals surface area contributed by atoms with Gasteiger partial charge in [0.2, 0.25) is 0 Å². The van der Waals surface area contributed by atoms with Crippen LogP contribution in [0.2, 0.25) is 0 Å². The maximum atomic E-state index is 12.8. The highest BCUT2D eigenvalue weighted by molar-refractivity contribution is 5.82. The molecule has 0 amide bonds. The number of halogens is 1. The predicted molar refractivity (Wildman–Crippen MR) is 74.7 cm³/mol. The second-order valence-electron chi connectivity index (χ2n) is 4.41. The second-order valence-corrected chi connectivity index (χ2v) is 4.41. The number of benzene rings is 1. The van der Waals surface area contributed by atoms with Gasteiger partial charge in [0.25, 0.3) is 0 Å². The summed E-state index contributed by atoms with van der Waals surface area (Å²) in [7, 11) is 0. The van der Waals surface area contributed by atoms with Gasteiger partial charge in [-0.2, -0.15) is 0 Å². The fourth-order valence-electron chi connectivity index (χ4n) is 2.03. The Labute approximate surface area is 115 Å². The maximum absolute atomic E-state index is 12.8. The van der Waals surface area contributed by atoms with Crippen LogP contribution in [0.15, 0.2) is 36.9 Å². The van der Waals surface area contributed by atoms with E-state index >= 15 is 0 Å². The summed E-state index contributed by atoms with van der Waals surface area (Å²) in [6.45, 7) is 3.41. The number of hydrogen-bond donors (Lipinski definition) is 1. The number of rotatable bonds is 4. The van der Waals surface area contributed by atoms with Gasteiger partial charge in [-0.15, -0.1) is 0 Å². The van der Waals surface area contributed by atoms with Crippen LogP contribution < -0.4 is 5.32 Å². The SMILES string of the molecule is CCn1cnc2c(NCc3ccc(F)cc3)ncnc21. The van der Waals surface area contributed by atoms with Crippen molar-refractivity contribution in [1.29, 1.82) is 0 Å². The average molecular weight is 271 g/mol. The first-order valence-corrected chi connectivity index (χ1v) is 6.42. The summed E-state index contributed by atoms with van der Waals surface area (Å²) in [6.07, 6.45) is 3.27. The number of anilines is 1. The van der Waals surface area contributed by atoms with Gasteiger partial charge in [-0.05, 0) is 24.6 Å². The minimum atomic E-state index is -0.236. The quantitative estimate of drug-likeness (QED) is 0.792. The molecule has 20 heavy (non-hydrogen) atoms. The van der Waals surface area contributed by atoms with Crippen LogP contribution in [0.1, 0.15) is 12.5 Å². The Kier molecular flexibility index (Phi) is 3.28. The summed E-state index contributed by atoms with van der Waals surface area (Å²) in [4.78, 5) is 12.8.